The van der Waals surface area contributed by atoms with Gasteiger partial charge < -0.3 is 10.4 Å². The van der Waals surface area contributed by atoms with E-state index in [1.165, 1.54) is 0 Å². The van der Waals surface area contributed by atoms with Crippen molar-refractivity contribution in [3.63, 3.8) is 0 Å². The van der Waals surface area contributed by atoms with Crippen LogP contribution < -0.4 is 5.32 Å². The quantitative estimate of drug-likeness (QED) is 0.834. The largest absolute Gasteiger partial charge is 0.388 e. The maximum atomic E-state index is 10.2. The van der Waals surface area contributed by atoms with Gasteiger partial charge in [0, 0.05) is 12.2 Å². The van der Waals surface area contributed by atoms with Gasteiger partial charge in [0.05, 0.1) is 11.2 Å². The molecule has 1 aliphatic rings. The predicted octanol–water partition coefficient (Wildman–Crippen LogP) is 1.98. The molecule has 0 spiro atoms. The van der Waals surface area contributed by atoms with E-state index >= 15 is 0 Å². The van der Waals surface area contributed by atoms with Gasteiger partial charge in [-0.15, -0.1) is 0 Å². The maximum absolute atomic E-state index is 10.2. The van der Waals surface area contributed by atoms with E-state index in [0.717, 1.165) is 31.4 Å². The van der Waals surface area contributed by atoms with Crippen LogP contribution >= 0.6 is 0 Å². The summed E-state index contributed by atoms with van der Waals surface area (Å²) in [5, 5.41) is 22.3. The number of anilines is 1. The highest BCUT2D eigenvalue weighted by molar-refractivity contribution is 5.52. The summed E-state index contributed by atoms with van der Waals surface area (Å²) in [6.07, 6.45) is 3.80. The molecule has 0 bridgehead atoms. The second-order valence-corrected chi connectivity index (χ2v) is 4.75. The molecule has 0 atom stereocenters. The molecule has 0 unspecified atom stereocenters. The van der Waals surface area contributed by atoms with Crippen LogP contribution in [0.3, 0.4) is 0 Å². The lowest BCUT2D eigenvalue weighted by atomic mass is 10.0. The number of nitrogens with zero attached hydrogens (tertiary/aromatic N) is 2. The highest BCUT2D eigenvalue weighted by Crippen LogP contribution is 2.29. The van der Waals surface area contributed by atoms with Crippen molar-refractivity contribution in [2.75, 3.05) is 11.9 Å². The average molecular weight is 231 g/mol. The summed E-state index contributed by atoms with van der Waals surface area (Å²) in [6.45, 7) is 2.36. The van der Waals surface area contributed by atoms with E-state index < -0.39 is 5.60 Å². The molecule has 1 aromatic rings. The Morgan fingerprint density at radius 1 is 1.47 bits per heavy atom. The van der Waals surface area contributed by atoms with Crippen LogP contribution in [0.15, 0.2) is 12.1 Å². The van der Waals surface area contributed by atoms with Gasteiger partial charge in [-0.2, -0.15) is 5.26 Å². The highest BCUT2D eigenvalue weighted by atomic mass is 16.3. The Balaban J connectivity index is 2.08. The Hall–Kier alpha value is -1.60. The van der Waals surface area contributed by atoms with Crippen LogP contribution in [0, 0.1) is 18.3 Å². The zero-order valence-electron chi connectivity index (χ0n) is 10.0. The van der Waals surface area contributed by atoms with Crippen molar-refractivity contribution in [3.8, 4) is 6.07 Å². The van der Waals surface area contributed by atoms with E-state index in [2.05, 4.69) is 16.4 Å². The van der Waals surface area contributed by atoms with Gasteiger partial charge in [0.15, 0.2) is 0 Å². The van der Waals surface area contributed by atoms with E-state index in [4.69, 9.17) is 5.26 Å². The third-order valence-electron chi connectivity index (χ3n) is 3.27. The molecule has 90 valence electrons. The van der Waals surface area contributed by atoms with Gasteiger partial charge in [-0.3, -0.25) is 0 Å². The number of nitriles is 1. The molecule has 0 radical (unpaired) electrons. The van der Waals surface area contributed by atoms with E-state index in [1.54, 1.807) is 6.07 Å². The summed E-state index contributed by atoms with van der Waals surface area (Å²) in [5.74, 6) is 0.577. The van der Waals surface area contributed by atoms with Gasteiger partial charge in [0.1, 0.15) is 11.9 Å². The number of pyridine rings is 1. The Bertz CT molecular complexity index is 444. The molecule has 4 heteroatoms. The Kier molecular flexibility index (Phi) is 3.30. The Labute approximate surface area is 101 Å². The molecule has 0 aromatic carbocycles. The second-order valence-electron chi connectivity index (χ2n) is 4.75. The summed E-state index contributed by atoms with van der Waals surface area (Å²) < 4.78 is 0. The molecule has 0 saturated heterocycles. The molecule has 2 N–H and O–H groups in total. The first-order chi connectivity index (χ1) is 8.13. The van der Waals surface area contributed by atoms with Crippen LogP contribution in [0.2, 0.25) is 0 Å². The molecule has 1 aromatic heterocycles. The Morgan fingerprint density at radius 2 is 2.18 bits per heavy atom. The number of hydrogen-bond acceptors (Lipinski definition) is 4. The summed E-state index contributed by atoms with van der Waals surface area (Å²) in [6, 6.07) is 5.67. The molecule has 1 heterocycles. The number of aromatic nitrogens is 1. The van der Waals surface area contributed by atoms with Crippen molar-refractivity contribution in [1.82, 2.24) is 4.98 Å². The lowest BCUT2D eigenvalue weighted by molar-refractivity contribution is 0.0614. The third-order valence-corrected chi connectivity index (χ3v) is 3.27. The van der Waals surface area contributed by atoms with Crippen LogP contribution in [0.1, 0.15) is 36.9 Å². The zero-order valence-corrected chi connectivity index (χ0v) is 10.0. The van der Waals surface area contributed by atoms with Crippen LogP contribution in [0.5, 0.6) is 0 Å². The van der Waals surface area contributed by atoms with E-state index in [-0.39, 0.29) is 0 Å². The molecule has 1 saturated carbocycles. The maximum Gasteiger partial charge on any atom is 0.144 e. The standard InChI is InChI=1S/C13H17N3O/c1-10-4-5-11(8-14)12(16-10)15-9-13(17)6-2-3-7-13/h4-5,17H,2-3,6-7,9H2,1H3,(H,15,16). The van der Waals surface area contributed by atoms with Gasteiger partial charge in [-0.1, -0.05) is 12.8 Å². The number of rotatable bonds is 3. The molecule has 1 fully saturated rings. The smallest absolute Gasteiger partial charge is 0.144 e. The minimum Gasteiger partial charge on any atom is -0.388 e. The van der Waals surface area contributed by atoms with E-state index in [1.807, 2.05) is 13.0 Å². The fraction of sp³-hybridized carbons (Fsp3) is 0.538. The van der Waals surface area contributed by atoms with Crippen molar-refractivity contribution in [2.24, 2.45) is 0 Å². The molecule has 2 rings (SSSR count). The van der Waals surface area contributed by atoms with Gasteiger partial charge in [0.2, 0.25) is 0 Å². The monoisotopic (exact) mass is 231 g/mol. The predicted molar refractivity (Wildman–Crippen MR) is 65.6 cm³/mol. The molecule has 0 amide bonds. The average Bonchev–Trinajstić information content (AvgIpc) is 2.74. The summed E-state index contributed by atoms with van der Waals surface area (Å²) >= 11 is 0. The molecule has 4 nitrogen and oxygen atoms in total. The van der Waals surface area contributed by atoms with Crippen LogP contribution in [0.25, 0.3) is 0 Å². The molecule has 1 aliphatic carbocycles. The topological polar surface area (TPSA) is 68.9 Å². The number of aliphatic hydroxyl groups is 1. The van der Waals surface area contributed by atoms with Crippen molar-refractivity contribution < 1.29 is 5.11 Å². The van der Waals surface area contributed by atoms with Gasteiger partial charge >= 0.3 is 0 Å². The first kappa shape index (κ1) is 11.9. The lowest BCUT2D eigenvalue weighted by Gasteiger charge is -2.23. The van der Waals surface area contributed by atoms with Crippen molar-refractivity contribution in [3.05, 3.63) is 23.4 Å². The van der Waals surface area contributed by atoms with Gasteiger partial charge in [-0.05, 0) is 31.9 Å². The van der Waals surface area contributed by atoms with Gasteiger partial charge in [0.25, 0.3) is 0 Å². The summed E-state index contributed by atoms with van der Waals surface area (Å²) in [4.78, 5) is 4.29. The van der Waals surface area contributed by atoms with E-state index in [0.29, 0.717) is 17.9 Å². The molecule has 0 aliphatic heterocycles. The Morgan fingerprint density at radius 3 is 2.82 bits per heavy atom. The third kappa shape index (κ3) is 2.75. The van der Waals surface area contributed by atoms with Crippen LogP contribution in [-0.2, 0) is 0 Å². The minimum atomic E-state index is -0.627. The van der Waals surface area contributed by atoms with Crippen molar-refractivity contribution in [1.29, 1.82) is 5.26 Å². The van der Waals surface area contributed by atoms with Crippen LogP contribution in [-0.4, -0.2) is 22.2 Å². The molecular formula is C13H17N3O. The van der Waals surface area contributed by atoms with Gasteiger partial charge in [-0.25, -0.2) is 4.98 Å². The van der Waals surface area contributed by atoms with Crippen LogP contribution in [0.4, 0.5) is 5.82 Å². The zero-order chi connectivity index (χ0) is 12.3. The summed E-state index contributed by atoms with van der Waals surface area (Å²) in [5.41, 5.74) is 0.764. The van der Waals surface area contributed by atoms with Crippen molar-refractivity contribution in [2.45, 2.75) is 38.2 Å². The second kappa shape index (κ2) is 4.72. The fourth-order valence-electron chi connectivity index (χ4n) is 2.24. The fourth-order valence-corrected chi connectivity index (χ4v) is 2.24. The first-order valence-electron chi connectivity index (χ1n) is 5.97. The minimum absolute atomic E-state index is 0.470. The first-order valence-corrected chi connectivity index (χ1v) is 5.97. The highest BCUT2D eigenvalue weighted by Gasteiger charge is 2.30. The number of hydrogen-bond donors (Lipinski definition) is 2. The number of aryl methyl sites for hydroxylation is 1. The number of nitrogens with one attached hydrogen (secondary N) is 1. The molecule has 17 heavy (non-hydrogen) atoms. The van der Waals surface area contributed by atoms with E-state index in [9.17, 15) is 5.11 Å². The molecular weight excluding hydrogens is 214 g/mol. The van der Waals surface area contributed by atoms with Crippen molar-refractivity contribution >= 4 is 5.82 Å². The summed E-state index contributed by atoms with van der Waals surface area (Å²) in [7, 11) is 0. The SMILES string of the molecule is Cc1ccc(C#N)c(NCC2(O)CCCC2)n1. The lowest BCUT2D eigenvalue weighted by Crippen LogP contribution is -2.33. The normalized spacial score (nSPS) is 17.7.